The minimum absolute atomic E-state index is 0.0489. The number of nitrogens with one attached hydrogen (secondary N) is 2. The summed E-state index contributed by atoms with van der Waals surface area (Å²) in [5.41, 5.74) is 2.17. The first-order valence-corrected chi connectivity index (χ1v) is 11.4. The van der Waals surface area contributed by atoms with E-state index in [4.69, 9.17) is 11.6 Å². The van der Waals surface area contributed by atoms with Crippen LogP contribution in [0.25, 0.3) is 0 Å². The van der Waals surface area contributed by atoms with E-state index in [1.165, 1.54) is 4.88 Å². The maximum atomic E-state index is 12.6. The van der Waals surface area contributed by atoms with Gasteiger partial charge in [-0.3, -0.25) is 4.79 Å². The number of hydrogen-bond donors (Lipinski definition) is 2. The number of aromatic nitrogens is 1. The summed E-state index contributed by atoms with van der Waals surface area (Å²) in [7, 11) is 0. The van der Waals surface area contributed by atoms with E-state index >= 15 is 0 Å². The first-order chi connectivity index (χ1) is 14.5. The van der Waals surface area contributed by atoms with Gasteiger partial charge in [0.25, 0.3) is 0 Å². The van der Waals surface area contributed by atoms with E-state index in [9.17, 15) is 4.79 Å². The number of carbonyl (C=O) groups excluding carboxylic acids is 1. The molecule has 0 radical (unpaired) electrons. The van der Waals surface area contributed by atoms with Crippen molar-refractivity contribution in [1.29, 1.82) is 0 Å². The maximum Gasteiger partial charge on any atom is 0.244 e. The molecule has 1 amide bonds. The van der Waals surface area contributed by atoms with Crippen molar-refractivity contribution in [2.24, 2.45) is 4.99 Å². The Balaban J connectivity index is 1.50. The number of aryl methyl sites for hydroxylation is 2. The van der Waals surface area contributed by atoms with Crippen molar-refractivity contribution in [3.05, 3.63) is 44.9 Å². The van der Waals surface area contributed by atoms with E-state index in [0.717, 1.165) is 41.0 Å². The van der Waals surface area contributed by atoms with Crippen LogP contribution >= 0.6 is 22.9 Å². The van der Waals surface area contributed by atoms with Gasteiger partial charge in [0.1, 0.15) is 6.54 Å². The number of nitrogens with zero attached hydrogens (tertiary/aromatic N) is 4. The second-order valence-electron chi connectivity index (χ2n) is 7.13. The molecule has 2 aromatic rings. The molecule has 2 heterocycles. The third-order valence-electron chi connectivity index (χ3n) is 4.96. The molecule has 3 rings (SSSR count). The standard InChI is InChI=1S/C21H29ClN6OS/c1-4-23-21(24-13-19-15(2)26-16(3)30-19)25-14-20(29)28-11-9-27(10-12-28)18-7-5-17(22)6-8-18/h5-8H,4,9-14H2,1-3H3,(H2,23,24,25). The van der Waals surface area contributed by atoms with Crippen LogP contribution in [-0.2, 0) is 11.3 Å². The van der Waals surface area contributed by atoms with Gasteiger partial charge in [0.15, 0.2) is 5.96 Å². The number of piperazine rings is 1. The lowest BCUT2D eigenvalue weighted by atomic mass is 10.2. The van der Waals surface area contributed by atoms with Gasteiger partial charge in [-0.05, 0) is 45.0 Å². The van der Waals surface area contributed by atoms with Crippen LogP contribution in [0.15, 0.2) is 29.3 Å². The van der Waals surface area contributed by atoms with Gasteiger partial charge in [-0.15, -0.1) is 11.3 Å². The lowest BCUT2D eigenvalue weighted by Crippen LogP contribution is -2.49. The highest BCUT2D eigenvalue weighted by atomic mass is 35.5. The molecule has 9 heteroatoms. The number of carbonyl (C=O) groups is 1. The Hall–Kier alpha value is -2.32. The number of aliphatic imine (C=N–C) groups is 1. The molecular weight excluding hydrogens is 420 g/mol. The Bertz CT molecular complexity index is 874. The van der Waals surface area contributed by atoms with E-state index in [0.29, 0.717) is 25.6 Å². The molecule has 0 atom stereocenters. The fraction of sp³-hybridized carbons (Fsp3) is 0.476. The monoisotopic (exact) mass is 448 g/mol. The van der Waals surface area contributed by atoms with Crippen LogP contribution in [0, 0.1) is 13.8 Å². The second kappa shape index (κ2) is 10.6. The summed E-state index contributed by atoms with van der Waals surface area (Å²) in [4.78, 5) is 26.9. The average molecular weight is 449 g/mol. The molecule has 0 spiro atoms. The van der Waals surface area contributed by atoms with Gasteiger partial charge >= 0.3 is 0 Å². The normalized spacial score (nSPS) is 14.7. The van der Waals surface area contributed by atoms with E-state index in [1.807, 2.05) is 49.9 Å². The summed E-state index contributed by atoms with van der Waals surface area (Å²) in [6.07, 6.45) is 0. The number of guanidine groups is 1. The average Bonchev–Trinajstić information content (AvgIpc) is 3.07. The van der Waals surface area contributed by atoms with Crippen molar-refractivity contribution in [3.63, 3.8) is 0 Å². The minimum atomic E-state index is 0.0489. The third kappa shape index (κ3) is 6.09. The third-order valence-corrected chi connectivity index (χ3v) is 6.28. The van der Waals surface area contributed by atoms with E-state index in [2.05, 4.69) is 25.5 Å². The van der Waals surface area contributed by atoms with Crippen LogP contribution in [0.1, 0.15) is 22.5 Å². The second-order valence-corrected chi connectivity index (χ2v) is 8.86. The number of benzene rings is 1. The molecule has 1 aliphatic rings. The molecule has 0 unspecified atom stereocenters. The topological polar surface area (TPSA) is 72.9 Å². The molecule has 1 aromatic heterocycles. The van der Waals surface area contributed by atoms with Crippen LogP contribution in [-0.4, -0.2) is 61.0 Å². The molecule has 0 saturated carbocycles. The smallest absolute Gasteiger partial charge is 0.244 e. The zero-order valence-electron chi connectivity index (χ0n) is 17.7. The van der Waals surface area contributed by atoms with Gasteiger partial charge in [-0.1, -0.05) is 11.6 Å². The van der Waals surface area contributed by atoms with Crippen molar-refractivity contribution >= 4 is 40.5 Å². The number of anilines is 1. The van der Waals surface area contributed by atoms with Crippen molar-refractivity contribution in [2.75, 3.05) is 44.2 Å². The van der Waals surface area contributed by atoms with Crippen LogP contribution in [0.3, 0.4) is 0 Å². The zero-order valence-corrected chi connectivity index (χ0v) is 19.3. The number of halogens is 1. The molecular formula is C21H29ClN6OS. The number of thiazole rings is 1. The Labute approximate surface area is 187 Å². The van der Waals surface area contributed by atoms with Crippen molar-refractivity contribution in [2.45, 2.75) is 27.3 Å². The molecule has 2 N–H and O–H groups in total. The summed E-state index contributed by atoms with van der Waals surface area (Å²) in [5, 5.41) is 8.29. The fourth-order valence-electron chi connectivity index (χ4n) is 3.36. The maximum absolute atomic E-state index is 12.6. The molecule has 162 valence electrons. The Morgan fingerprint density at radius 2 is 1.87 bits per heavy atom. The lowest BCUT2D eigenvalue weighted by molar-refractivity contribution is -0.129. The van der Waals surface area contributed by atoms with Crippen LogP contribution in [0.5, 0.6) is 0 Å². The number of hydrogen-bond acceptors (Lipinski definition) is 5. The highest BCUT2D eigenvalue weighted by molar-refractivity contribution is 7.11. The van der Waals surface area contributed by atoms with Gasteiger partial charge in [-0.25, -0.2) is 9.98 Å². The SMILES string of the molecule is CCNC(=NCC(=O)N1CCN(c2ccc(Cl)cc2)CC1)NCc1sc(C)nc1C. The van der Waals surface area contributed by atoms with E-state index in [-0.39, 0.29) is 12.5 Å². The van der Waals surface area contributed by atoms with E-state index in [1.54, 1.807) is 11.3 Å². The lowest BCUT2D eigenvalue weighted by Gasteiger charge is -2.36. The van der Waals surface area contributed by atoms with Crippen molar-refractivity contribution in [1.82, 2.24) is 20.5 Å². The molecule has 1 fully saturated rings. The molecule has 1 saturated heterocycles. The van der Waals surface area contributed by atoms with Crippen LogP contribution in [0.4, 0.5) is 5.69 Å². The largest absolute Gasteiger partial charge is 0.368 e. The first-order valence-electron chi connectivity index (χ1n) is 10.2. The molecule has 7 nitrogen and oxygen atoms in total. The van der Waals surface area contributed by atoms with Crippen molar-refractivity contribution in [3.8, 4) is 0 Å². The fourth-order valence-corrected chi connectivity index (χ4v) is 4.36. The Morgan fingerprint density at radius 3 is 2.47 bits per heavy atom. The van der Waals surface area contributed by atoms with Gasteiger partial charge in [-0.2, -0.15) is 0 Å². The minimum Gasteiger partial charge on any atom is -0.368 e. The van der Waals surface area contributed by atoms with Crippen LogP contribution in [0.2, 0.25) is 5.02 Å². The summed E-state index contributed by atoms with van der Waals surface area (Å²) in [6.45, 7) is 10.6. The zero-order chi connectivity index (χ0) is 21.5. The van der Waals surface area contributed by atoms with Gasteiger partial charge < -0.3 is 20.4 Å². The van der Waals surface area contributed by atoms with Crippen LogP contribution < -0.4 is 15.5 Å². The predicted molar refractivity (Wildman–Crippen MR) is 125 cm³/mol. The summed E-state index contributed by atoms with van der Waals surface area (Å²) >= 11 is 7.64. The molecule has 30 heavy (non-hydrogen) atoms. The summed E-state index contributed by atoms with van der Waals surface area (Å²) in [6, 6.07) is 7.83. The molecule has 1 aromatic carbocycles. The first kappa shape index (κ1) is 22.4. The summed E-state index contributed by atoms with van der Waals surface area (Å²) < 4.78 is 0. The summed E-state index contributed by atoms with van der Waals surface area (Å²) in [5.74, 6) is 0.698. The number of rotatable bonds is 6. The quantitative estimate of drug-likeness (QED) is 0.525. The molecule has 1 aliphatic heterocycles. The number of amides is 1. The predicted octanol–water partition coefficient (Wildman–Crippen LogP) is 2.82. The molecule has 0 aliphatic carbocycles. The van der Waals surface area contributed by atoms with Gasteiger partial charge in [0.2, 0.25) is 5.91 Å². The molecule has 0 bridgehead atoms. The van der Waals surface area contributed by atoms with Gasteiger partial charge in [0.05, 0.1) is 17.2 Å². The Kier molecular flexibility index (Phi) is 7.93. The van der Waals surface area contributed by atoms with E-state index < -0.39 is 0 Å². The van der Waals surface area contributed by atoms with Gasteiger partial charge in [0, 0.05) is 48.3 Å². The highest BCUT2D eigenvalue weighted by Gasteiger charge is 2.21. The highest BCUT2D eigenvalue weighted by Crippen LogP contribution is 2.19. The van der Waals surface area contributed by atoms with Crippen molar-refractivity contribution < 1.29 is 4.79 Å². The Morgan fingerprint density at radius 1 is 1.17 bits per heavy atom.